The fourth-order valence-corrected chi connectivity index (χ4v) is 3.67. The van der Waals surface area contributed by atoms with Crippen LogP contribution in [-0.2, 0) is 11.2 Å². The van der Waals surface area contributed by atoms with Crippen molar-refractivity contribution in [1.29, 1.82) is 0 Å². The van der Waals surface area contributed by atoms with Gasteiger partial charge in [0.15, 0.2) is 5.96 Å². The minimum Gasteiger partial charge on any atom is -0.381 e. The molecule has 1 heterocycles. The zero-order valence-electron chi connectivity index (χ0n) is 18.0. The van der Waals surface area contributed by atoms with Crippen LogP contribution in [-0.4, -0.2) is 63.3 Å². The van der Waals surface area contributed by atoms with Gasteiger partial charge in [-0.25, -0.2) is 0 Å². The molecule has 0 radical (unpaired) electrons. The van der Waals surface area contributed by atoms with Crippen LogP contribution in [0.5, 0.6) is 0 Å². The van der Waals surface area contributed by atoms with Gasteiger partial charge in [0, 0.05) is 39.3 Å². The largest absolute Gasteiger partial charge is 0.381 e. The minimum absolute atomic E-state index is 0.751. The Balaban J connectivity index is 1.41. The number of nitrogens with one attached hydrogen (secondary N) is 2. The number of unbranched alkanes of at least 4 members (excludes halogenated alkanes) is 1. The Morgan fingerprint density at radius 2 is 1.86 bits per heavy atom. The molecule has 158 valence electrons. The minimum atomic E-state index is 0.751. The number of piperidine rings is 1. The van der Waals surface area contributed by atoms with Gasteiger partial charge in [-0.05, 0) is 57.6 Å². The number of hydrogen-bond donors (Lipinski definition) is 2. The topological polar surface area (TPSA) is 48.9 Å². The van der Waals surface area contributed by atoms with E-state index < -0.39 is 0 Å². The Hall–Kier alpha value is -1.59. The molecule has 1 aromatic rings. The average Bonchev–Trinajstić information content (AvgIpc) is 2.73. The van der Waals surface area contributed by atoms with E-state index in [9.17, 15) is 0 Å². The molecule has 1 fully saturated rings. The summed E-state index contributed by atoms with van der Waals surface area (Å²) in [6.45, 7) is 8.35. The number of guanidine groups is 1. The predicted molar refractivity (Wildman–Crippen MR) is 119 cm³/mol. The third-order valence-corrected chi connectivity index (χ3v) is 5.46. The molecular weight excluding hydrogens is 348 g/mol. The zero-order valence-corrected chi connectivity index (χ0v) is 18.0. The Bertz CT molecular complexity index is 535. The number of rotatable bonds is 12. The highest BCUT2D eigenvalue weighted by Gasteiger charge is 2.16. The molecule has 0 amide bonds. The number of hydrogen-bond acceptors (Lipinski definition) is 3. The molecule has 1 saturated heterocycles. The van der Waals surface area contributed by atoms with Crippen molar-refractivity contribution in [3.63, 3.8) is 0 Å². The van der Waals surface area contributed by atoms with E-state index >= 15 is 0 Å². The van der Waals surface area contributed by atoms with Gasteiger partial charge in [-0.15, -0.1) is 0 Å². The summed E-state index contributed by atoms with van der Waals surface area (Å²) in [7, 11) is 1.84. The molecule has 1 aliphatic rings. The first kappa shape index (κ1) is 22.7. The van der Waals surface area contributed by atoms with Crippen LogP contribution in [0, 0.1) is 0 Å². The van der Waals surface area contributed by atoms with Crippen LogP contribution >= 0.6 is 0 Å². The van der Waals surface area contributed by atoms with Crippen molar-refractivity contribution in [2.24, 2.45) is 4.99 Å². The molecule has 0 bridgehead atoms. The van der Waals surface area contributed by atoms with Gasteiger partial charge in [-0.2, -0.15) is 0 Å². The Labute approximate surface area is 171 Å². The van der Waals surface area contributed by atoms with E-state index in [1.165, 1.54) is 44.3 Å². The van der Waals surface area contributed by atoms with Crippen LogP contribution in [0.15, 0.2) is 35.3 Å². The first-order chi connectivity index (χ1) is 13.8. The molecule has 1 aliphatic heterocycles. The molecule has 5 heteroatoms. The van der Waals surface area contributed by atoms with E-state index in [0.717, 1.165) is 57.6 Å². The highest BCUT2D eigenvalue weighted by molar-refractivity contribution is 5.79. The monoisotopic (exact) mass is 388 g/mol. The third kappa shape index (κ3) is 9.56. The van der Waals surface area contributed by atoms with Crippen LogP contribution in [0.1, 0.15) is 51.0 Å². The Morgan fingerprint density at radius 3 is 2.61 bits per heavy atom. The molecule has 2 N–H and O–H groups in total. The fourth-order valence-electron chi connectivity index (χ4n) is 3.67. The van der Waals surface area contributed by atoms with Crippen molar-refractivity contribution in [2.45, 2.75) is 57.9 Å². The van der Waals surface area contributed by atoms with Crippen molar-refractivity contribution in [1.82, 2.24) is 15.5 Å². The first-order valence-corrected chi connectivity index (χ1v) is 11.1. The van der Waals surface area contributed by atoms with E-state index in [1.54, 1.807) is 0 Å². The maximum absolute atomic E-state index is 5.74. The van der Waals surface area contributed by atoms with Crippen LogP contribution in [0.2, 0.25) is 0 Å². The molecular formula is C23H40N4O. The number of benzene rings is 1. The van der Waals surface area contributed by atoms with Gasteiger partial charge in [0.1, 0.15) is 0 Å². The first-order valence-electron chi connectivity index (χ1n) is 11.1. The van der Waals surface area contributed by atoms with Gasteiger partial charge in [0.05, 0.1) is 6.61 Å². The summed E-state index contributed by atoms with van der Waals surface area (Å²) in [6.07, 6.45) is 8.43. The number of ether oxygens (including phenoxy) is 1. The van der Waals surface area contributed by atoms with Gasteiger partial charge < -0.3 is 20.3 Å². The number of nitrogens with zero attached hydrogens (tertiary/aromatic N) is 2. The Morgan fingerprint density at radius 1 is 1.07 bits per heavy atom. The maximum Gasteiger partial charge on any atom is 0.190 e. The highest BCUT2D eigenvalue weighted by atomic mass is 16.5. The summed E-state index contributed by atoms with van der Waals surface area (Å²) in [6, 6.07) is 11.3. The summed E-state index contributed by atoms with van der Waals surface area (Å²) < 4.78 is 5.74. The molecule has 0 aromatic heterocycles. The van der Waals surface area contributed by atoms with Gasteiger partial charge in [0.25, 0.3) is 0 Å². The molecule has 0 spiro atoms. The van der Waals surface area contributed by atoms with Gasteiger partial charge in [0.2, 0.25) is 0 Å². The Kier molecular flexibility index (Phi) is 11.7. The normalized spacial score (nSPS) is 18.2. The third-order valence-electron chi connectivity index (χ3n) is 5.46. The molecule has 28 heavy (non-hydrogen) atoms. The van der Waals surface area contributed by atoms with Crippen molar-refractivity contribution in [3.8, 4) is 0 Å². The second-order valence-electron chi connectivity index (χ2n) is 7.72. The molecule has 1 atom stereocenters. The zero-order chi connectivity index (χ0) is 19.9. The van der Waals surface area contributed by atoms with Gasteiger partial charge >= 0.3 is 0 Å². The molecule has 2 rings (SSSR count). The molecule has 1 aromatic carbocycles. The van der Waals surface area contributed by atoms with Crippen LogP contribution < -0.4 is 10.6 Å². The van der Waals surface area contributed by atoms with Crippen molar-refractivity contribution in [2.75, 3.05) is 46.4 Å². The lowest BCUT2D eigenvalue weighted by Crippen LogP contribution is -2.41. The molecule has 0 saturated carbocycles. The second kappa shape index (κ2) is 14.4. The molecule has 1 unspecified atom stereocenters. The highest BCUT2D eigenvalue weighted by Crippen LogP contribution is 2.15. The number of aliphatic imine (C=N–C) groups is 1. The summed E-state index contributed by atoms with van der Waals surface area (Å²) in [5.41, 5.74) is 1.34. The average molecular weight is 389 g/mol. The molecule has 0 aliphatic carbocycles. The lowest BCUT2D eigenvalue weighted by atomic mass is 10.0. The fraction of sp³-hybridized carbons (Fsp3) is 0.696. The number of likely N-dealkylation sites (tertiary alicyclic amines) is 1. The summed E-state index contributed by atoms with van der Waals surface area (Å²) in [5, 5.41) is 6.84. The quantitative estimate of drug-likeness (QED) is 0.327. The second-order valence-corrected chi connectivity index (χ2v) is 7.72. The lowest BCUT2D eigenvalue weighted by molar-refractivity contribution is 0.133. The van der Waals surface area contributed by atoms with Crippen LogP contribution in [0.25, 0.3) is 0 Å². The predicted octanol–water partition coefficient (Wildman–Crippen LogP) is 3.46. The van der Waals surface area contributed by atoms with E-state index in [2.05, 4.69) is 57.8 Å². The van der Waals surface area contributed by atoms with E-state index in [-0.39, 0.29) is 0 Å². The van der Waals surface area contributed by atoms with Crippen molar-refractivity contribution < 1.29 is 4.74 Å². The van der Waals surface area contributed by atoms with E-state index in [0.29, 0.717) is 0 Å². The van der Waals surface area contributed by atoms with Crippen LogP contribution in [0.4, 0.5) is 0 Å². The maximum atomic E-state index is 5.74. The lowest BCUT2D eigenvalue weighted by Gasteiger charge is -2.33. The SMILES string of the molecule is CN=C(NCCCCOCCc1ccccc1)NCCCN1CCCCC1C. The summed E-state index contributed by atoms with van der Waals surface area (Å²) >= 11 is 0. The van der Waals surface area contributed by atoms with Gasteiger partial charge in [-0.3, -0.25) is 4.99 Å². The van der Waals surface area contributed by atoms with E-state index in [1.807, 2.05) is 7.05 Å². The van der Waals surface area contributed by atoms with Crippen molar-refractivity contribution >= 4 is 5.96 Å². The summed E-state index contributed by atoms with van der Waals surface area (Å²) in [5.74, 6) is 0.914. The molecule has 5 nitrogen and oxygen atoms in total. The smallest absolute Gasteiger partial charge is 0.190 e. The standard InChI is InChI=1S/C23H40N4O/c1-21-11-6-8-17-27(21)18-10-16-26-23(24-2)25-15-7-9-19-28-20-14-22-12-4-3-5-13-22/h3-5,12-13,21H,6-11,14-20H2,1-2H3,(H2,24,25,26). The van der Waals surface area contributed by atoms with E-state index in [4.69, 9.17) is 4.74 Å². The van der Waals surface area contributed by atoms with Gasteiger partial charge in [-0.1, -0.05) is 36.8 Å². The van der Waals surface area contributed by atoms with Crippen LogP contribution in [0.3, 0.4) is 0 Å². The summed E-state index contributed by atoms with van der Waals surface area (Å²) in [4.78, 5) is 6.94. The van der Waals surface area contributed by atoms with Crippen molar-refractivity contribution in [3.05, 3.63) is 35.9 Å².